The smallest absolute Gasteiger partial charge is 0.351 e. The van der Waals surface area contributed by atoms with Crippen LogP contribution >= 0.6 is 0 Å². The number of alkyl halides is 1. The first kappa shape index (κ1) is 22.2. The van der Waals surface area contributed by atoms with E-state index in [0.717, 1.165) is 11.5 Å². The van der Waals surface area contributed by atoms with Crippen LogP contribution in [0.2, 0.25) is 0 Å². The van der Waals surface area contributed by atoms with E-state index in [0.29, 0.717) is 0 Å². The van der Waals surface area contributed by atoms with E-state index in [-0.39, 0.29) is 16.9 Å². The molecule has 4 atom stereocenters. The van der Waals surface area contributed by atoms with Crippen molar-refractivity contribution in [3.05, 3.63) is 94.5 Å². The van der Waals surface area contributed by atoms with Gasteiger partial charge in [0.1, 0.15) is 5.82 Å². The van der Waals surface area contributed by atoms with Crippen LogP contribution in [0.5, 0.6) is 0 Å². The summed E-state index contributed by atoms with van der Waals surface area (Å²) in [5.41, 5.74) is 2.50. The number of carbonyl (C=O) groups excluding carboxylic acids is 2. The van der Waals surface area contributed by atoms with Crippen molar-refractivity contribution in [1.29, 1.82) is 0 Å². The van der Waals surface area contributed by atoms with Gasteiger partial charge in [-0.2, -0.15) is 4.98 Å². The maximum absolute atomic E-state index is 16.1. The lowest BCUT2D eigenvalue weighted by atomic mass is 10.0. The maximum atomic E-state index is 16.1. The Labute approximate surface area is 187 Å². The van der Waals surface area contributed by atoms with E-state index in [9.17, 15) is 14.4 Å². The second-order valence-electron chi connectivity index (χ2n) is 7.51. The van der Waals surface area contributed by atoms with Crippen molar-refractivity contribution in [2.75, 3.05) is 5.73 Å². The van der Waals surface area contributed by atoms with Crippen molar-refractivity contribution in [3.8, 4) is 0 Å². The number of hydrogen-bond acceptors (Lipinski definition) is 8. The van der Waals surface area contributed by atoms with Gasteiger partial charge < -0.3 is 19.9 Å². The van der Waals surface area contributed by atoms with Gasteiger partial charge in [-0.3, -0.25) is 4.57 Å². The van der Waals surface area contributed by atoms with Crippen LogP contribution in [0.3, 0.4) is 0 Å². The molecule has 9 nitrogen and oxygen atoms in total. The highest BCUT2D eigenvalue weighted by atomic mass is 19.1. The van der Waals surface area contributed by atoms with Crippen molar-refractivity contribution < 1.29 is 28.2 Å². The fourth-order valence-electron chi connectivity index (χ4n) is 3.45. The predicted octanol–water partition coefficient (Wildman–Crippen LogP) is 2.49. The third-order valence-corrected chi connectivity index (χ3v) is 5.13. The number of halogens is 1. The Bertz CT molecular complexity index is 1220. The van der Waals surface area contributed by atoms with E-state index in [1.165, 1.54) is 36.5 Å². The molecule has 4 rings (SSSR count). The van der Waals surface area contributed by atoms with E-state index in [4.69, 9.17) is 19.9 Å². The van der Waals surface area contributed by atoms with Gasteiger partial charge in [0.15, 0.2) is 11.9 Å². The summed E-state index contributed by atoms with van der Waals surface area (Å²) < 4.78 is 33.3. The molecule has 0 bridgehead atoms. The van der Waals surface area contributed by atoms with Crippen LogP contribution in [0.15, 0.2) is 77.7 Å². The Morgan fingerprint density at radius 2 is 1.55 bits per heavy atom. The van der Waals surface area contributed by atoms with Crippen LogP contribution in [-0.2, 0) is 14.2 Å². The van der Waals surface area contributed by atoms with Crippen molar-refractivity contribution in [2.24, 2.45) is 0 Å². The first-order valence-corrected chi connectivity index (χ1v) is 9.98. The Hall–Kier alpha value is -4.05. The lowest BCUT2D eigenvalue weighted by Crippen LogP contribution is -2.45. The summed E-state index contributed by atoms with van der Waals surface area (Å²) in [5.74, 6) is -1.73. The number of nitrogens with zero attached hydrogens (tertiary/aromatic N) is 2. The molecule has 10 heteroatoms. The standard InChI is InChI=1S/C23H20FN3O6/c1-23(24)17(31-18(28)14-8-4-2-5-9-14)20(32-19(29)15-10-6-3-7-11-15)33-21(23)27-13-12-16(25)26-22(27)30/h2-13,17,20-21H,1H3,(H2,25,26,30)/t17-,20+,21-,23-/m1/s1. The number of nitrogen functional groups attached to an aromatic ring is 1. The van der Waals surface area contributed by atoms with E-state index in [1.807, 2.05) is 0 Å². The number of ether oxygens (including phenoxy) is 3. The number of nitrogens with two attached hydrogens (primary N) is 1. The molecule has 2 N–H and O–H groups in total. The third kappa shape index (κ3) is 4.46. The molecule has 2 aromatic carbocycles. The zero-order valence-electron chi connectivity index (χ0n) is 17.5. The van der Waals surface area contributed by atoms with Crippen LogP contribution < -0.4 is 11.4 Å². The molecule has 0 spiro atoms. The van der Waals surface area contributed by atoms with Crippen LogP contribution in [0.1, 0.15) is 33.9 Å². The number of rotatable bonds is 5. The van der Waals surface area contributed by atoms with Gasteiger partial charge in [0.05, 0.1) is 11.1 Å². The maximum Gasteiger partial charge on any atom is 0.351 e. The second kappa shape index (κ2) is 8.83. The van der Waals surface area contributed by atoms with Crippen LogP contribution in [-0.4, -0.2) is 39.6 Å². The topological polar surface area (TPSA) is 123 Å². The molecule has 1 aromatic heterocycles. The highest BCUT2D eigenvalue weighted by molar-refractivity contribution is 5.90. The number of anilines is 1. The molecule has 1 fully saturated rings. The molecule has 0 radical (unpaired) electrons. The molecule has 2 heterocycles. The highest BCUT2D eigenvalue weighted by Gasteiger charge is 2.60. The fourth-order valence-corrected chi connectivity index (χ4v) is 3.45. The number of aromatic nitrogens is 2. The van der Waals surface area contributed by atoms with Crippen molar-refractivity contribution >= 4 is 17.8 Å². The third-order valence-electron chi connectivity index (χ3n) is 5.13. The zero-order chi connectivity index (χ0) is 23.6. The SMILES string of the molecule is C[C@@]1(F)[C@H](OC(=O)c2ccccc2)[C@@H](OC(=O)c2ccccc2)O[C@H]1n1ccc(N)nc1=O. The number of hydrogen-bond donors (Lipinski definition) is 1. The lowest BCUT2D eigenvalue weighted by molar-refractivity contribution is -0.149. The lowest BCUT2D eigenvalue weighted by Gasteiger charge is -2.27. The fraction of sp³-hybridized carbons (Fsp3) is 0.217. The molecule has 1 aliphatic heterocycles. The van der Waals surface area contributed by atoms with E-state index in [2.05, 4.69) is 4.98 Å². The Morgan fingerprint density at radius 3 is 2.09 bits per heavy atom. The highest BCUT2D eigenvalue weighted by Crippen LogP contribution is 2.43. The molecule has 1 saturated heterocycles. The van der Waals surface area contributed by atoms with Gasteiger partial charge >= 0.3 is 17.6 Å². The minimum atomic E-state index is -2.48. The summed E-state index contributed by atoms with van der Waals surface area (Å²) in [6.07, 6.45) is -3.74. The van der Waals surface area contributed by atoms with Gasteiger partial charge in [-0.1, -0.05) is 36.4 Å². The Balaban J connectivity index is 1.67. The summed E-state index contributed by atoms with van der Waals surface area (Å²) >= 11 is 0. The molecule has 33 heavy (non-hydrogen) atoms. The number of carbonyl (C=O) groups is 2. The largest absolute Gasteiger partial charge is 0.448 e. The van der Waals surface area contributed by atoms with Crippen molar-refractivity contribution in [2.45, 2.75) is 31.2 Å². The summed E-state index contributed by atoms with van der Waals surface area (Å²) in [6, 6.07) is 17.2. The molecule has 3 aromatic rings. The summed E-state index contributed by atoms with van der Waals surface area (Å²) in [4.78, 5) is 41.2. The van der Waals surface area contributed by atoms with E-state index >= 15 is 4.39 Å². The van der Waals surface area contributed by atoms with Crippen molar-refractivity contribution in [1.82, 2.24) is 9.55 Å². The molecular weight excluding hydrogens is 433 g/mol. The number of benzene rings is 2. The minimum Gasteiger partial charge on any atom is -0.448 e. The monoisotopic (exact) mass is 453 g/mol. The molecular formula is C23H20FN3O6. The molecule has 1 aliphatic rings. The van der Waals surface area contributed by atoms with Crippen molar-refractivity contribution in [3.63, 3.8) is 0 Å². The quantitative estimate of drug-likeness (QED) is 0.585. The average molecular weight is 453 g/mol. The van der Waals surface area contributed by atoms with Gasteiger partial charge in [-0.25, -0.2) is 18.8 Å². The predicted molar refractivity (Wildman–Crippen MR) is 114 cm³/mol. The molecule has 0 unspecified atom stereocenters. The molecule has 0 saturated carbocycles. The van der Waals surface area contributed by atoms with E-state index in [1.54, 1.807) is 36.4 Å². The molecule has 0 amide bonds. The second-order valence-corrected chi connectivity index (χ2v) is 7.51. The summed E-state index contributed by atoms with van der Waals surface area (Å²) in [6.45, 7) is 1.08. The van der Waals surface area contributed by atoms with Crippen LogP contribution in [0.25, 0.3) is 0 Å². The van der Waals surface area contributed by atoms with Gasteiger partial charge in [-0.15, -0.1) is 0 Å². The first-order valence-electron chi connectivity index (χ1n) is 9.98. The van der Waals surface area contributed by atoms with E-state index < -0.39 is 41.9 Å². The Kier molecular flexibility index (Phi) is 5.93. The summed E-state index contributed by atoms with van der Waals surface area (Å²) in [5, 5.41) is 0. The number of esters is 2. The minimum absolute atomic E-state index is 0.0612. The molecule has 170 valence electrons. The van der Waals surface area contributed by atoms with Gasteiger partial charge in [0, 0.05) is 6.20 Å². The normalized spacial score (nSPS) is 24.2. The first-order chi connectivity index (χ1) is 15.8. The molecule has 0 aliphatic carbocycles. The summed E-state index contributed by atoms with van der Waals surface area (Å²) in [7, 11) is 0. The van der Waals surface area contributed by atoms with Crippen LogP contribution in [0, 0.1) is 0 Å². The zero-order valence-corrected chi connectivity index (χ0v) is 17.5. The van der Waals surface area contributed by atoms with Gasteiger partial charge in [0.2, 0.25) is 12.4 Å². The van der Waals surface area contributed by atoms with Gasteiger partial charge in [0.25, 0.3) is 0 Å². The van der Waals surface area contributed by atoms with Gasteiger partial charge in [-0.05, 0) is 37.3 Å². The van der Waals surface area contributed by atoms with Crippen LogP contribution in [0.4, 0.5) is 10.2 Å². The Morgan fingerprint density at radius 1 is 1.00 bits per heavy atom. The average Bonchev–Trinajstić information content (AvgIpc) is 3.04.